The van der Waals surface area contributed by atoms with Gasteiger partial charge in [-0.05, 0) is 48.7 Å². The molecule has 0 aliphatic rings. The molecular weight excluding hydrogens is 311 g/mol. The lowest BCUT2D eigenvalue weighted by molar-refractivity contribution is 0.583. The van der Waals surface area contributed by atoms with E-state index < -0.39 is 10.0 Å². The minimum Gasteiger partial charge on any atom is -0.210 e. The summed E-state index contributed by atoms with van der Waals surface area (Å²) < 4.78 is 39.6. The number of nitrogens with zero attached hydrogens (tertiary/aromatic N) is 1. The summed E-state index contributed by atoms with van der Waals surface area (Å²) in [6.07, 6.45) is 0.474. The second-order valence-electron chi connectivity index (χ2n) is 4.45. The van der Waals surface area contributed by atoms with Crippen molar-refractivity contribution in [3.05, 3.63) is 52.2 Å². The van der Waals surface area contributed by atoms with Crippen LogP contribution >= 0.6 is 11.3 Å². The number of nitriles is 1. The standard InChI is InChI=1S/C14H13FN2O2S2/c1-10-8-12(15)3-2-11(10)6-7-17-21(18,19)14-5-4-13(9-16)20-14/h2-5,8,17H,6-7H2,1H3. The summed E-state index contributed by atoms with van der Waals surface area (Å²) in [6.45, 7) is 2.00. The molecule has 0 aliphatic heterocycles. The number of rotatable bonds is 5. The van der Waals surface area contributed by atoms with E-state index in [1.54, 1.807) is 13.0 Å². The molecule has 4 nitrogen and oxygen atoms in total. The van der Waals surface area contributed by atoms with Crippen LogP contribution in [0.1, 0.15) is 16.0 Å². The monoisotopic (exact) mass is 324 g/mol. The van der Waals surface area contributed by atoms with Gasteiger partial charge in [-0.2, -0.15) is 5.26 Å². The van der Waals surface area contributed by atoms with E-state index in [0.717, 1.165) is 22.5 Å². The molecule has 0 unspecified atom stereocenters. The van der Waals surface area contributed by atoms with Gasteiger partial charge in [-0.1, -0.05) is 6.07 Å². The number of sulfonamides is 1. The van der Waals surface area contributed by atoms with E-state index in [1.807, 2.05) is 6.07 Å². The predicted molar refractivity (Wildman–Crippen MR) is 79.1 cm³/mol. The van der Waals surface area contributed by atoms with Crippen LogP contribution in [0.25, 0.3) is 0 Å². The average Bonchev–Trinajstić information content (AvgIpc) is 2.91. The van der Waals surface area contributed by atoms with E-state index in [1.165, 1.54) is 24.3 Å². The zero-order chi connectivity index (χ0) is 15.5. The minimum absolute atomic E-state index is 0.120. The quantitative estimate of drug-likeness (QED) is 0.919. The Labute approximate surface area is 126 Å². The van der Waals surface area contributed by atoms with Crippen molar-refractivity contribution >= 4 is 21.4 Å². The number of hydrogen-bond acceptors (Lipinski definition) is 4. The van der Waals surface area contributed by atoms with Gasteiger partial charge >= 0.3 is 0 Å². The fraction of sp³-hybridized carbons (Fsp3) is 0.214. The van der Waals surface area contributed by atoms with Gasteiger partial charge in [0.1, 0.15) is 21.0 Å². The fourth-order valence-electron chi connectivity index (χ4n) is 1.86. The molecule has 2 rings (SSSR count). The van der Waals surface area contributed by atoms with Gasteiger partial charge in [-0.25, -0.2) is 17.5 Å². The van der Waals surface area contributed by atoms with Crippen molar-refractivity contribution in [3.63, 3.8) is 0 Å². The van der Waals surface area contributed by atoms with Crippen molar-refractivity contribution in [2.45, 2.75) is 17.6 Å². The van der Waals surface area contributed by atoms with Crippen LogP contribution in [0.3, 0.4) is 0 Å². The highest BCUT2D eigenvalue weighted by Crippen LogP contribution is 2.20. The molecule has 0 amide bonds. The zero-order valence-electron chi connectivity index (χ0n) is 11.3. The van der Waals surface area contributed by atoms with Crippen LogP contribution in [0.5, 0.6) is 0 Å². The van der Waals surface area contributed by atoms with Crippen molar-refractivity contribution in [2.75, 3.05) is 6.54 Å². The van der Waals surface area contributed by atoms with Crippen LogP contribution in [0, 0.1) is 24.1 Å². The summed E-state index contributed by atoms with van der Waals surface area (Å²) in [5, 5.41) is 8.71. The number of aryl methyl sites for hydroxylation is 1. The SMILES string of the molecule is Cc1cc(F)ccc1CCNS(=O)(=O)c1ccc(C#N)s1. The Bertz CT molecular complexity index is 792. The number of thiophene rings is 1. The molecule has 1 aromatic heterocycles. The minimum atomic E-state index is -3.60. The summed E-state index contributed by atoms with van der Waals surface area (Å²) >= 11 is 0.930. The lowest BCUT2D eigenvalue weighted by Crippen LogP contribution is -2.25. The maximum atomic E-state index is 13.0. The van der Waals surface area contributed by atoms with E-state index in [-0.39, 0.29) is 16.6 Å². The summed E-state index contributed by atoms with van der Waals surface area (Å²) in [5.41, 5.74) is 1.68. The zero-order valence-corrected chi connectivity index (χ0v) is 12.9. The second-order valence-corrected chi connectivity index (χ2v) is 7.53. The van der Waals surface area contributed by atoms with E-state index in [9.17, 15) is 12.8 Å². The van der Waals surface area contributed by atoms with Crippen molar-refractivity contribution in [1.82, 2.24) is 4.72 Å². The van der Waals surface area contributed by atoms with Crippen LogP contribution in [-0.2, 0) is 16.4 Å². The highest BCUT2D eigenvalue weighted by molar-refractivity contribution is 7.91. The van der Waals surface area contributed by atoms with Gasteiger partial charge in [-0.15, -0.1) is 11.3 Å². The molecule has 0 saturated carbocycles. The van der Waals surface area contributed by atoms with Crippen molar-refractivity contribution in [1.29, 1.82) is 5.26 Å². The molecule has 0 saturated heterocycles. The molecule has 7 heteroatoms. The summed E-state index contributed by atoms with van der Waals surface area (Å²) in [4.78, 5) is 0.352. The molecule has 0 spiro atoms. The third kappa shape index (κ3) is 3.88. The molecule has 1 heterocycles. The first kappa shape index (κ1) is 15.6. The average molecular weight is 324 g/mol. The molecular formula is C14H13FN2O2S2. The number of nitrogens with one attached hydrogen (secondary N) is 1. The van der Waals surface area contributed by atoms with E-state index in [0.29, 0.717) is 11.3 Å². The van der Waals surface area contributed by atoms with E-state index >= 15 is 0 Å². The third-order valence-electron chi connectivity index (χ3n) is 2.95. The van der Waals surface area contributed by atoms with Gasteiger partial charge < -0.3 is 0 Å². The Hall–Kier alpha value is -1.75. The smallest absolute Gasteiger partial charge is 0.210 e. The Morgan fingerprint density at radius 2 is 2.10 bits per heavy atom. The molecule has 2 aromatic rings. The summed E-state index contributed by atoms with van der Waals surface area (Å²) in [7, 11) is -3.60. The fourth-order valence-corrected chi connectivity index (χ4v) is 4.04. The van der Waals surface area contributed by atoms with Crippen LogP contribution < -0.4 is 4.72 Å². The highest BCUT2D eigenvalue weighted by atomic mass is 32.2. The molecule has 0 atom stereocenters. The van der Waals surface area contributed by atoms with Gasteiger partial charge in [0.25, 0.3) is 0 Å². The molecule has 1 aromatic carbocycles. The van der Waals surface area contributed by atoms with Crippen LogP contribution in [0.2, 0.25) is 0 Å². The Morgan fingerprint density at radius 3 is 2.71 bits per heavy atom. The van der Waals surface area contributed by atoms with Crippen molar-refractivity contribution < 1.29 is 12.8 Å². The molecule has 0 aliphatic carbocycles. The Kier molecular flexibility index (Phi) is 4.73. The molecule has 0 radical (unpaired) electrons. The van der Waals surface area contributed by atoms with Crippen LogP contribution in [-0.4, -0.2) is 15.0 Å². The number of halogens is 1. The predicted octanol–water partition coefficient (Wildman–Crippen LogP) is 2.59. The first-order valence-corrected chi connectivity index (χ1v) is 8.47. The molecule has 0 bridgehead atoms. The van der Waals surface area contributed by atoms with Gasteiger partial charge in [0.05, 0.1) is 0 Å². The first-order valence-electron chi connectivity index (χ1n) is 6.17. The normalized spacial score (nSPS) is 11.3. The lowest BCUT2D eigenvalue weighted by Gasteiger charge is -2.07. The van der Waals surface area contributed by atoms with E-state index in [2.05, 4.69) is 4.72 Å². The van der Waals surface area contributed by atoms with Crippen LogP contribution in [0.15, 0.2) is 34.5 Å². The van der Waals surface area contributed by atoms with Gasteiger partial charge in [-0.3, -0.25) is 0 Å². The molecule has 0 fully saturated rings. The Morgan fingerprint density at radius 1 is 1.33 bits per heavy atom. The molecule has 110 valence electrons. The van der Waals surface area contributed by atoms with Gasteiger partial charge in [0.2, 0.25) is 10.0 Å². The topological polar surface area (TPSA) is 70.0 Å². The summed E-state index contributed by atoms with van der Waals surface area (Å²) in [6, 6.07) is 9.22. The largest absolute Gasteiger partial charge is 0.250 e. The molecule has 1 N–H and O–H groups in total. The maximum absolute atomic E-state index is 13.0. The Balaban J connectivity index is 2.01. The highest BCUT2D eigenvalue weighted by Gasteiger charge is 2.16. The second kappa shape index (κ2) is 6.35. The van der Waals surface area contributed by atoms with E-state index in [4.69, 9.17) is 5.26 Å². The lowest BCUT2D eigenvalue weighted by atomic mass is 10.1. The molecule has 21 heavy (non-hydrogen) atoms. The van der Waals surface area contributed by atoms with Crippen molar-refractivity contribution in [2.24, 2.45) is 0 Å². The number of hydrogen-bond donors (Lipinski definition) is 1. The first-order chi connectivity index (χ1) is 9.92. The third-order valence-corrected chi connectivity index (χ3v) is 5.89. The van der Waals surface area contributed by atoms with Gasteiger partial charge in [0, 0.05) is 6.54 Å². The number of benzene rings is 1. The van der Waals surface area contributed by atoms with Crippen molar-refractivity contribution in [3.8, 4) is 6.07 Å². The van der Waals surface area contributed by atoms with Crippen LogP contribution in [0.4, 0.5) is 4.39 Å². The summed E-state index contributed by atoms with van der Waals surface area (Å²) in [5.74, 6) is -0.306. The maximum Gasteiger partial charge on any atom is 0.250 e. The van der Waals surface area contributed by atoms with Gasteiger partial charge in [0.15, 0.2) is 0 Å².